The van der Waals surface area contributed by atoms with E-state index in [2.05, 4.69) is 39.5 Å². The van der Waals surface area contributed by atoms with Gasteiger partial charge in [-0.2, -0.15) is 0 Å². The molecule has 94 valence electrons. The van der Waals surface area contributed by atoms with Gasteiger partial charge in [-0.05, 0) is 45.1 Å². The average Bonchev–Trinajstić information content (AvgIpc) is 2.05. The molecule has 1 aliphatic heterocycles. The van der Waals surface area contributed by atoms with Crippen LogP contribution in [0, 0.1) is 11.3 Å². The van der Waals surface area contributed by atoms with Crippen LogP contribution in [0.3, 0.4) is 0 Å². The van der Waals surface area contributed by atoms with Crippen LogP contribution in [0.25, 0.3) is 0 Å². The molecule has 1 fully saturated rings. The van der Waals surface area contributed by atoms with Gasteiger partial charge in [0.05, 0.1) is 0 Å². The first kappa shape index (κ1) is 13.5. The summed E-state index contributed by atoms with van der Waals surface area (Å²) in [5.41, 5.74) is 0.287. The lowest BCUT2D eigenvalue weighted by atomic mass is 9.71. The lowest BCUT2D eigenvalue weighted by Crippen LogP contribution is -2.53. The smallest absolute Gasteiger partial charge is 0.303 e. The Kier molecular flexibility index (Phi) is 3.68. The maximum absolute atomic E-state index is 10.8. The number of likely N-dealkylation sites (tertiary alicyclic amines) is 1. The number of carboxylic acids is 1. The summed E-state index contributed by atoms with van der Waals surface area (Å²) < 4.78 is 0. The van der Waals surface area contributed by atoms with Crippen LogP contribution in [0.15, 0.2) is 0 Å². The summed E-state index contributed by atoms with van der Waals surface area (Å²) in [6.07, 6.45) is 1.31. The Balaban J connectivity index is 2.69. The minimum atomic E-state index is -0.665. The van der Waals surface area contributed by atoms with Crippen molar-refractivity contribution in [2.45, 2.75) is 53.0 Å². The summed E-state index contributed by atoms with van der Waals surface area (Å²) in [4.78, 5) is 13.3. The molecule has 0 radical (unpaired) electrons. The van der Waals surface area contributed by atoms with Gasteiger partial charge in [0.25, 0.3) is 0 Å². The van der Waals surface area contributed by atoms with Crippen molar-refractivity contribution >= 4 is 5.97 Å². The third-order valence-electron chi connectivity index (χ3n) is 3.82. The van der Waals surface area contributed by atoms with E-state index < -0.39 is 5.97 Å². The van der Waals surface area contributed by atoms with E-state index in [0.717, 1.165) is 19.5 Å². The van der Waals surface area contributed by atoms with Crippen molar-refractivity contribution in [3.63, 3.8) is 0 Å². The van der Waals surface area contributed by atoms with Crippen LogP contribution in [0.5, 0.6) is 0 Å². The number of carboxylic acid groups (broad SMARTS) is 1. The Morgan fingerprint density at radius 3 is 2.38 bits per heavy atom. The first-order valence-electron chi connectivity index (χ1n) is 6.10. The van der Waals surface area contributed by atoms with Gasteiger partial charge in [0.2, 0.25) is 0 Å². The fourth-order valence-corrected chi connectivity index (χ4v) is 2.56. The van der Waals surface area contributed by atoms with E-state index >= 15 is 0 Å². The molecule has 1 saturated heterocycles. The highest BCUT2D eigenvalue weighted by atomic mass is 16.4. The van der Waals surface area contributed by atoms with Gasteiger partial charge in [0.15, 0.2) is 0 Å². The summed E-state index contributed by atoms with van der Waals surface area (Å²) in [5.74, 6) is -0.356. The Morgan fingerprint density at radius 1 is 1.44 bits per heavy atom. The molecule has 0 spiro atoms. The Hall–Kier alpha value is -0.570. The Bertz CT molecular complexity index is 266. The van der Waals surface area contributed by atoms with E-state index in [1.54, 1.807) is 0 Å². The number of piperidine rings is 1. The molecular formula is C13H25NO2. The van der Waals surface area contributed by atoms with Crippen molar-refractivity contribution in [3.8, 4) is 0 Å². The molecule has 1 atom stereocenters. The van der Waals surface area contributed by atoms with E-state index in [1.165, 1.54) is 0 Å². The van der Waals surface area contributed by atoms with Crippen LogP contribution in [0.1, 0.15) is 47.5 Å². The fourth-order valence-electron chi connectivity index (χ4n) is 2.56. The standard InChI is InChI=1S/C13H25NO2/c1-12(2,3)14-7-6-10(8-11(15)16)13(4,5)9-14/h10H,6-9H2,1-5H3,(H,15,16). The van der Waals surface area contributed by atoms with Crippen molar-refractivity contribution in [2.24, 2.45) is 11.3 Å². The average molecular weight is 227 g/mol. The zero-order valence-corrected chi connectivity index (χ0v) is 11.2. The molecule has 1 aliphatic rings. The summed E-state index contributed by atoms with van der Waals surface area (Å²) in [6, 6.07) is 0. The fraction of sp³-hybridized carbons (Fsp3) is 0.923. The number of aliphatic carboxylic acids is 1. The molecule has 3 nitrogen and oxygen atoms in total. The van der Waals surface area contributed by atoms with Crippen LogP contribution in [0.4, 0.5) is 0 Å². The third-order valence-corrected chi connectivity index (χ3v) is 3.82. The largest absolute Gasteiger partial charge is 0.481 e. The van der Waals surface area contributed by atoms with Gasteiger partial charge in [0.1, 0.15) is 0 Å². The maximum Gasteiger partial charge on any atom is 0.303 e. The van der Waals surface area contributed by atoms with Crippen LogP contribution in [0.2, 0.25) is 0 Å². The van der Waals surface area contributed by atoms with Crippen LogP contribution in [-0.4, -0.2) is 34.6 Å². The topological polar surface area (TPSA) is 40.5 Å². The van der Waals surface area contributed by atoms with Crippen LogP contribution >= 0.6 is 0 Å². The monoisotopic (exact) mass is 227 g/mol. The molecule has 3 heteroatoms. The number of hydrogen-bond acceptors (Lipinski definition) is 2. The van der Waals surface area contributed by atoms with Crippen LogP contribution in [-0.2, 0) is 4.79 Å². The molecule has 1 unspecified atom stereocenters. The summed E-state index contributed by atoms with van der Waals surface area (Å²) >= 11 is 0. The van der Waals surface area contributed by atoms with Gasteiger partial charge in [-0.25, -0.2) is 0 Å². The van der Waals surface area contributed by atoms with Gasteiger partial charge in [-0.3, -0.25) is 9.69 Å². The van der Waals surface area contributed by atoms with E-state index in [-0.39, 0.29) is 11.0 Å². The van der Waals surface area contributed by atoms with Gasteiger partial charge in [-0.15, -0.1) is 0 Å². The highest BCUT2D eigenvalue weighted by Crippen LogP contribution is 2.39. The lowest BCUT2D eigenvalue weighted by molar-refractivity contribution is -0.140. The van der Waals surface area contributed by atoms with Gasteiger partial charge < -0.3 is 5.11 Å². The normalized spacial score (nSPS) is 26.7. The van der Waals surface area contributed by atoms with Crippen molar-refractivity contribution in [2.75, 3.05) is 13.1 Å². The number of hydrogen-bond donors (Lipinski definition) is 1. The number of carbonyl (C=O) groups is 1. The van der Waals surface area contributed by atoms with Crippen LogP contribution < -0.4 is 0 Å². The van der Waals surface area contributed by atoms with Gasteiger partial charge in [-0.1, -0.05) is 13.8 Å². The summed E-state index contributed by atoms with van der Waals surface area (Å²) in [6.45, 7) is 13.1. The van der Waals surface area contributed by atoms with Crippen molar-refractivity contribution in [1.29, 1.82) is 0 Å². The highest BCUT2D eigenvalue weighted by molar-refractivity contribution is 5.67. The number of nitrogens with zero attached hydrogens (tertiary/aromatic N) is 1. The molecule has 1 rings (SSSR count). The molecule has 1 heterocycles. The third kappa shape index (κ3) is 3.21. The van der Waals surface area contributed by atoms with Gasteiger partial charge in [0, 0.05) is 18.5 Å². The zero-order chi connectivity index (χ0) is 12.6. The molecule has 0 saturated carbocycles. The minimum absolute atomic E-state index is 0.101. The van der Waals surface area contributed by atoms with E-state index in [4.69, 9.17) is 5.11 Å². The Morgan fingerprint density at radius 2 is 2.00 bits per heavy atom. The summed E-state index contributed by atoms with van der Waals surface area (Å²) in [7, 11) is 0. The minimum Gasteiger partial charge on any atom is -0.481 e. The SMILES string of the molecule is CC1(C)CN(C(C)(C)C)CCC1CC(=O)O. The van der Waals surface area contributed by atoms with E-state index in [9.17, 15) is 4.79 Å². The molecule has 16 heavy (non-hydrogen) atoms. The van der Waals surface area contributed by atoms with Crippen molar-refractivity contribution in [1.82, 2.24) is 4.90 Å². The van der Waals surface area contributed by atoms with E-state index in [1.807, 2.05) is 0 Å². The van der Waals surface area contributed by atoms with Crippen molar-refractivity contribution < 1.29 is 9.90 Å². The molecule has 1 N–H and O–H groups in total. The predicted molar refractivity (Wildman–Crippen MR) is 65.5 cm³/mol. The first-order valence-corrected chi connectivity index (χ1v) is 6.10. The molecule has 0 aliphatic carbocycles. The quantitative estimate of drug-likeness (QED) is 0.788. The Labute approximate surface area is 98.8 Å². The molecule has 0 amide bonds. The second-order valence-corrected chi connectivity index (χ2v) is 6.66. The lowest BCUT2D eigenvalue weighted by Gasteiger charge is -2.49. The molecular weight excluding hydrogens is 202 g/mol. The molecule has 0 bridgehead atoms. The molecule has 0 aromatic heterocycles. The maximum atomic E-state index is 10.8. The van der Waals surface area contributed by atoms with Gasteiger partial charge >= 0.3 is 5.97 Å². The highest BCUT2D eigenvalue weighted by Gasteiger charge is 2.39. The molecule has 0 aromatic carbocycles. The molecule has 0 aromatic rings. The predicted octanol–water partition coefficient (Wildman–Crippen LogP) is 2.61. The first-order chi connectivity index (χ1) is 7.13. The second-order valence-electron chi connectivity index (χ2n) is 6.66. The summed E-state index contributed by atoms with van der Waals surface area (Å²) in [5, 5.41) is 8.91. The number of rotatable bonds is 2. The van der Waals surface area contributed by atoms with Crippen molar-refractivity contribution in [3.05, 3.63) is 0 Å². The van der Waals surface area contributed by atoms with E-state index in [0.29, 0.717) is 12.3 Å². The second kappa shape index (κ2) is 4.36. The zero-order valence-electron chi connectivity index (χ0n) is 11.2.